The molecule has 1 aliphatic heterocycles. The number of hydrogen-bond donors (Lipinski definition) is 0. The fourth-order valence-electron chi connectivity index (χ4n) is 3.54. The second-order valence-corrected chi connectivity index (χ2v) is 8.06. The lowest BCUT2D eigenvalue weighted by molar-refractivity contribution is -0.0588. The quantitative estimate of drug-likeness (QED) is 0.684. The van der Waals surface area contributed by atoms with Crippen molar-refractivity contribution in [1.82, 2.24) is 14.7 Å². The normalized spacial score (nSPS) is 20.0. The van der Waals surface area contributed by atoms with Crippen LogP contribution in [0.25, 0.3) is 16.3 Å². The molecule has 27 heavy (non-hydrogen) atoms. The lowest BCUT2D eigenvalue weighted by atomic mass is 10.2. The van der Waals surface area contributed by atoms with Crippen LogP contribution in [0.15, 0.2) is 47.8 Å². The summed E-state index contributed by atoms with van der Waals surface area (Å²) in [6, 6.07) is 14.0. The zero-order chi connectivity index (χ0) is 19.0. The molecule has 2 atom stereocenters. The number of ether oxygens (including phenoxy) is 1. The number of morpholine rings is 1. The highest BCUT2D eigenvalue weighted by molar-refractivity contribution is 7.13. The maximum absolute atomic E-state index is 13.4. The van der Waals surface area contributed by atoms with Gasteiger partial charge in [0, 0.05) is 13.1 Å². The van der Waals surface area contributed by atoms with Gasteiger partial charge in [-0.05, 0) is 56.0 Å². The maximum Gasteiger partial charge on any atom is 0.272 e. The van der Waals surface area contributed by atoms with E-state index in [1.54, 1.807) is 16.0 Å². The van der Waals surface area contributed by atoms with Gasteiger partial charge in [0.05, 0.1) is 22.8 Å². The lowest BCUT2D eigenvalue weighted by Crippen LogP contribution is -2.48. The Morgan fingerprint density at radius 1 is 1.15 bits per heavy atom. The first-order valence-corrected chi connectivity index (χ1v) is 10.0. The fraction of sp³-hybridized carbons (Fsp3) is 0.333. The number of aromatic nitrogens is 2. The average molecular weight is 382 g/mol. The van der Waals surface area contributed by atoms with Crippen molar-refractivity contribution in [3.63, 3.8) is 0 Å². The molecule has 0 N–H and O–H groups in total. The summed E-state index contributed by atoms with van der Waals surface area (Å²) in [5.74, 6) is -0.00573. The zero-order valence-corrected chi connectivity index (χ0v) is 16.6. The SMILES string of the molecule is Cc1cccc(-n2nc(-c3cccs3)cc2C(=O)N2C[C@@H](C)O[C@H](C)C2)c1. The molecule has 1 fully saturated rings. The molecule has 140 valence electrons. The number of aryl methyl sites for hydroxylation is 1. The van der Waals surface area contributed by atoms with Crippen LogP contribution in [0.5, 0.6) is 0 Å². The third-order valence-corrected chi connectivity index (χ3v) is 5.55. The summed E-state index contributed by atoms with van der Waals surface area (Å²) in [5, 5.41) is 6.79. The molecule has 3 aromatic rings. The first-order valence-electron chi connectivity index (χ1n) is 9.17. The Morgan fingerprint density at radius 2 is 1.93 bits per heavy atom. The molecule has 2 aromatic heterocycles. The lowest BCUT2D eigenvalue weighted by Gasteiger charge is -2.35. The summed E-state index contributed by atoms with van der Waals surface area (Å²) in [6.45, 7) is 7.24. The van der Waals surface area contributed by atoms with Gasteiger partial charge in [0.25, 0.3) is 5.91 Å². The molecule has 1 amide bonds. The van der Waals surface area contributed by atoms with E-state index in [9.17, 15) is 4.79 Å². The highest BCUT2D eigenvalue weighted by Crippen LogP contribution is 2.27. The van der Waals surface area contributed by atoms with Gasteiger partial charge in [0.1, 0.15) is 11.4 Å². The van der Waals surface area contributed by atoms with E-state index in [0.717, 1.165) is 21.8 Å². The minimum Gasteiger partial charge on any atom is -0.372 e. The van der Waals surface area contributed by atoms with E-state index >= 15 is 0 Å². The summed E-state index contributed by atoms with van der Waals surface area (Å²) in [6.07, 6.45) is 0.0645. The van der Waals surface area contributed by atoms with Crippen molar-refractivity contribution in [2.24, 2.45) is 0 Å². The number of rotatable bonds is 3. The predicted octanol–water partition coefficient (Wildman–Crippen LogP) is 4.16. The molecule has 0 bridgehead atoms. The van der Waals surface area contributed by atoms with Crippen LogP contribution in [0.3, 0.4) is 0 Å². The minimum atomic E-state index is -0.00573. The van der Waals surface area contributed by atoms with Crippen molar-refractivity contribution in [2.45, 2.75) is 33.0 Å². The number of hydrogen-bond acceptors (Lipinski definition) is 4. The van der Waals surface area contributed by atoms with Gasteiger partial charge < -0.3 is 9.64 Å². The van der Waals surface area contributed by atoms with Crippen molar-refractivity contribution in [1.29, 1.82) is 0 Å². The summed E-state index contributed by atoms with van der Waals surface area (Å²) < 4.78 is 7.56. The van der Waals surface area contributed by atoms with E-state index in [4.69, 9.17) is 9.84 Å². The molecule has 3 heterocycles. The largest absolute Gasteiger partial charge is 0.372 e. The van der Waals surface area contributed by atoms with Crippen LogP contribution in [0.4, 0.5) is 0 Å². The average Bonchev–Trinajstić information content (AvgIpc) is 3.30. The van der Waals surface area contributed by atoms with Gasteiger partial charge in [0.15, 0.2) is 0 Å². The van der Waals surface area contributed by atoms with Gasteiger partial charge in [-0.25, -0.2) is 4.68 Å². The Kier molecular flexibility index (Phi) is 4.85. The van der Waals surface area contributed by atoms with Crippen LogP contribution in [0.1, 0.15) is 29.9 Å². The van der Waals surface area contributed by atoms with Crippen LogP contribution < -0.4 is 0 Å². The number of benzene rings is 1. The van der Waals surface area contributed by atoms with Gasteiger partial charge in [-0.15, -0.1) is 11.3 Å². The molecular weight excluding hydrogens is 358 g/mol. The molecule has 0 saturated carbocycles. The molecular formula is C21H23N3O2S. The Balaban J connectivity index is 1.77. The molecule has 6 heteroatoms. The third kappa shape index (κ3) is 3.68. The summed E-state index contributed by atoms with van der Waals surface area (Å²) >= 11 is 1.62. The van der Waals surface area contributed by atoms with E-state index in [0.29, 0.717) is 18.8 Å². The number of nitrogens with zero attached hydrogens (tertiary/aromatic N) is 3. The molecule has 5 nitrogen and oxygen atoms in total. The van der Waals surface area contributed by atoms with Crippen LogP contribution in [-0.4, -0.2) is 45.9 Å². The second kappa shape index (κ2) is 7.29. The second-order valence-electron chi connectivity index (χ2n) is 7.11. The van der Waals surface area contributed by atoms with Crippen molar-refractivity contribution in [2.75, 3.05) is 13.1 Å². The molecule has 0 aliphatic carbocycles. The molecule has 0 unspecified atom stereocenters. The molecule has 1 aliphatic rings. The van der Waals surface area contributed by atoms with Gasteiger partial charge in [-0.3, -0.25) is 4.79 Å². The van der Waals surface area contributed by atoms with E-state index in [-0.39, 0.29) is 18.1 Å². The van der Waals surface area contributed by atoms with E-state index in [1.165, 1.54) is 0 Å². The Labute approximate surface area is 163 Å². The van der Waals surface area contributed by atoms with Gasteiger partial charge in [-0.1, -0.05) is 18.2 Å². The van der Waals surface area contributed by atoms with E-state index in [1.807, 2.05) is 73.5 Å². The number of amides is 1. The van der Waals surface area contributed by atoms with Crippen molar-refractivity contribution >= 4 is 17.2 Å². The third-order valence-electron chi connectivity index (χ3n) is 4.66. The zero-order valence-electron chi connectivity index (χ0n) is 15.8. The molecule has 4 rings (SSSR count). The van der Waals surface area contributed by atoms with Gasteiger partial charge in [-0.2, -0.15) is 5.10 Å². The van der Waals surface area contributed by atoms with E-state index < -0.39 is 0 Å². The predicted molar refractivity (Wildman–Crippen MR) is 108 cm³/mol. The number of carbonyl (C=O) groups excluding carboxylic acids is 1. The van der Waals surface area contributed by atoms with Crippen LogP contribution in [0.2, 0.25) is 0 Å². The highest BCUT2D eigenvalue weighted by Gasteiger charge is 2.29. The molecule has 1 saturated heterocycles. The Hall–Kier alpha value is -2.44. The molecule has 0 radical (unpaired) electrons. The van der Waals surface area contributed by atoms with Crippen LogP contribution >= 0.6 is 11.3 Å². The maximum atomic E-state index is 13.4. The summed E-state index contributed by atoms with van der Waals surface area (Å²) in [7, 11) is 0. The van der Waals surface area contributed by atoms with E-state index in [2.05, 4.69) is 0 Å². The standard InChI is InChI=1S/C21H23N3O2S/c1-14-6-4-7-17(10-14)24-19(11-18(22-24)20-8-5-9-27-20)21(25)23-12-15(2)26-16(3)13-23/h4-11,15-16H,12-13H2,1-3H3/t15-,16-/m1/s1. The van der Waals surface area contributed by atoms with Gasteiger partial charge >= 0.3 is 0 Å². The van der Waals surface area contributed by atoms with Crippen molar-refractivity contribution in [3.8, 4) is 16.3 Å². The van der Waals surface area contributed by atoms with Crippen molar-refractivity contribution < 1.29 is 9.53 Å². The van der Waals surface area contributed by atoms with Gasteiger partial charge in [0.2, 0.25) is 0 Å². The topological polar surface area (TPSA) is 47.4 Å². The highest BCUT2D eigenvalue weighted by atomic mass is 32.1. The van der Waals surface area contributed by atoms with Crippen molar-refractivity contribution in [3.05, 3.63) is 59.1 Å². The molecule has 0 spiro atoms. The Bertz CT molecular complexity index is 938. The minimum absolute atomic E-state index is 0.00573. The Morgan fingerprint density at radius 3 is 2.59 bits per heavy atom. The fourth-order valence-corrected chi connectivity index (χ4v) is 4.22. The van der Waals surface area contributed by atoms with Crippen LogP contribution in [-0.2, 0) is 4.74 Å². The number of carbonyl (C=O) groups is 1. The summed E-state index contributed by atoms with van der Waals surface area (Å²) in [4.78, 5) is 16.3. The number of thiophene rings is 1. The molecule has 1 aromatic carbocycles. The summed E-state index contributed by atoms with van der Waals surface area (Å²) in [5.41, 5.74) is 3.44. The first kappa shape index (κ1) is 17.9. The monoisotopic (exact) mass is 381 g/mol. The first-order chi connectivity index (χ1) is 13.0. The smallest absolute Gasteiger partial charge is 0.272 e. The van der Waals surface area contributed by atoms with Crippen LogP contribution in [0, 0.1) is 6.92 Å².